The summed E-state index contributed by atoms with van der Waals surface area (Å²) in [7, 11) is 2.19. The van der Waals surface area contributed by atoms with Crippen LogP contribution in [0.15, 0.2) is 53.0 Å². The Labute approximate surface area is 147 Å². The van der Waals surface area contributed by atoms with E-state index in [4.69, 9.17) is 4.74 Å². The van der Waals surface area contributed by atoms with Crippen LogP contribution in [0, 0.1) is 11.8 Å². The standard InChI is InChI=1S/C20H24BrNO/c1-3-22(2)13-17-11-18(17)14-23-20-6-4-5-16(12-20)15-7-9-19(21)10-8-15/h4-10,12,17-18H,3,11,13-14H2,1-2H3. The van der Waals surface area contributed by atoms with Gasteiger partial charge in [-0.15, -0.1) is 0 Å². The molecule has 3 rings (SSSR count). The van der Waals surface area contributed by atoms with E-state index in [9.17, 15) is 0 Å². The van der Waals surface area contributed by atoms with Crippen molar-refractivity contribution in [3.63, 3.8) is 0 Å². The van der Waals surface area contributed by atoms with Gasteiger partial charge in [0.2, 0.25) is 0 Å². The predicted molar refractivity (Wildman–Crippen MR) is 99.8 cm³/mol. The third-order valence-corrected chi connectivity index (χ3v) is 5.16. The van der Waals surface area contributed by atoms with E-state index in [0.29, 0.717) is 0 Å². The minimum Gasteiger partial charge on any atom is -0.493 e. The quantitative estimate of drug-likeness (QED) is 0.670. The lowest BCUT2D eigenvalue weighted by atomic mass is 10.1. The molecule has 0 amide bonds. The minimum atomic E-state index is 0.723. The Morgan fingerprint density at radius 1 is 1.09 bits per heavy atom. The Bertz CT molecular complexity index is 640. The number of rotatable bonds is 7. The van der Waals surface area contributed by atoms with Gasteiger partial charge in [-0.2, -0.15) is 0 Å². The number of hydrogen-bond donors (Lipinski definition) is 0. The molecule has 0 spiro atoms. The molecule has 0 saturated heterocycles. The molecule has 2 nitrogen and oxygen atoms in total. The molecule has 0 radical (unpaired) electrons. The van der Waals surface area contributed by atoms with Crippen molar-refractivity contribution < 1.29 is 4.74 Å². The SMILES string of the molecule is CCN(C)CC1CC1COc1cccc(-c2ccc(Br)cc2)c1. The fourth-order valence-corrected chi connectivity index (χ4v) is 3.14. The zero-order chi connectivity index (χ0) is 16.2. The van der Waals surface area contributed by atoms with Crippen LogP contribution in [0.4, 0.5) is 0 Å². The summed E-state index contributed by atoms with van der Waals surface area (Å²) < 4.78 is 7.14. The number of nitrogens with zero attached hydrogens (tertiary/aromatic N) is 1. The minimum absolute atomic E-state index is 0.723. The summed E-state index contributed by atoms with van der Waals surface area (Å²) in [6, 6.07) is 16.8. The van der Waals surface area contributed by atoms with Crippen molar-refractivity contribution in [1.29, 1.82) is 0 Å². The Balaban J connectivity index is 1.56. The van der Waals surface area contributed by atoms with Crippen LogP contribution in [0.5, 0.6) is 5.75 Å². The Morgan fingerprint density at radius 3 is 2.61 bits per heavy atom. The van der Waals surface area contributed by atoms with Crippen molar-refractivity contribution in [2.45, 2.75) is 13.3 Å². The highest BCUT2D eigenvalue weighted by Crippen LogP contribution is 2.39. The van der Waals surface area contributed by atoms with Crippen LogP contribution in [-0.4, -0.2) is 31.6 Å². The largest absolute Gasteiger partial charge is 0.493 e. The topological polar surface area (TPSA) is 12.5 Å². The lowest BCUT2D eigenvalue weighted by molar-refractivity contribution is 0.273. The van der Waals surface area contributed by atoms with Gasteiger partial charge in [-0.25, -0.2) is 0 Å². The number of halogens is 1. The van der Waals surface area contributed by atoms with Gasteiger partial charge in [0, 0.05) is 11.0 Å². The summed E-state index contributed by atoms with van der Waals surface area (Å²) in [5.74, 6) is 2.51. The molecule has 2 atom stereocenters. The zero-order valence-corrected chi connectivity index (χ0v) is 15.4. The Kier molecular flexibility index (Phi) is 5.39. The normalized spacial score (nSPS) is 19.8. The maximum absolute atomic E-state index is 6.03. The van der Waals surface area contributed by atoms with Crippen LogP contribution in [0.1, 0.15) is 13.3 Å². The highest BCUT2D eigenvalue weighted by atomic mass is 79.9. The second-order valence-corrected chi connectivity index (χ2v) is 7.37. The first-order valence-corrected chi connectivity index (χ1v) is 9.12. The zero-order valence-electron chi connectivity index (χ0n) is 13.8. The summed E-state index contributed by atoms with van der Waals surface area (Å²) >= 11 is 3.48. The van der Waals surface area contributed by atoms with Gasteiger partial charge in [0.05, 0.1) is 6.61 Å². The predicted octanol–water partition coefficient (Wildman–Crippen LogP) is 5.08. The molecule has 122 valence electrons. The van der Waals surface area contributed by atoms with Gasteiger partial charge in [-0.05, 0) is 67.2 Å². The first-order chi connectivity index (χ1) is 11.2. The smallest absolute Gasteiger partial charge is 0.119 e. The number of benzene rings is 2. The van der Waals surface area contributed by atoms with E-state index < -0.39 is 0 Å². The fraction of sp³-hybridized carbons (Fsp3) is 0.400. The molecule has 2 aromatic rings. The van der Waals surface area contributed by atoms with E-state index in [1.807, 2.05) is 0 Å². The molecule has 1 aliphatic carbocycles. The summed E-state index contributed by atoms with van der Waals surface area (Å²) in [5.41, 5.74) is 2.42. The van der Waals surface area contributed by atoms with E-state index in [1.165, 1.54) is 24.1 Å². The van der Waals surface area contributed by atoms with E-state index in [2.05, 4.69) is 83.3 Å². The average Bonchev–Trinajstić information content (AvgIpc) is 3.31. The molecule has 2 aromatic carbocycles. The van der Waals surface area contributed by atoms with Crippen LogP contribution < -0.4 is 4.74 Å². The average molecular weight is 374 g/mol. The molecule has 0 N–H and O–H groups in total. The van der Waals surface area contributed by atoms with Gasteiger partial charge in [-0.1, -0.05) is 47.1 Å². The monoisotopic (exact) mass is 373 g/mol. The molecule has 1 fully saturated rings. The number of hydrogen-bond acceptors (Lipinski definition) is 2. The van der Waals surface area contributed by atoms with Crippen molar-refractivity contribution in [1.82, 2.24) is 4.90 Å². The lowest BCUT2D eigenvalue weighted by Crippen LogP contribution is -2.21. The second kappa shape index (κ2) is 7.50. The van der Waals surface area contributed by atoms with Gasteiger partial charge in [0.25, 0.3) is 0 Å². The molecule has 2 unspecified atom stereocenters. The highest BCUT2D eigenvalue weighted by Gasteiger charge is 2.37. The van der Waals surface area contributed by atoms with Crippen LogP contribution in [0.3, 0.4) is 0 Å². The molecular weight excluding hydrogens is 350 g/mol. The van der Waals surface area contributed by atoms with Gasteiger partial charge in [0.15, 0.2) is 0 Å². The maximum atomic E-state index is 6.03. The first kappa shape index (κ1) is 16.5. The lowest BCUT2D eigenvalue weighted by Gasteiger charge is -2.13. The van der Waals surface area contributed by atoms with Crippen LogP contribution in [0.25, 0.3) is 11.1 Å². The van der Waals surface area contributed by atoms with Gasteiger partial charge < -0.3 is 9.64 Å². The summed E-state index contributed by atoms with van der Waals surface area (Å²) in [5, 5.41) is 0. The molecule has 23 heavy (non-hydrogen) atoms. The van der Waals surface area contributed by atoms with E-state index in [0.717, 1.165) is 35.2 Å². The summed E-state index contributed by atoms with van der Waals surface area (Å²) in [6.07, 6.45) is 1.30. The van der Waals surface area contributed by atoms with Crippen molar-refractivity contribution in [2.24, 2.45) is 11.8 Å². The van der Waals surface area contributed by atoms with Gasteiger partial charge >= 0.3 is 0 Å². The molecule has 0 aromatic heterocycles. The Morgan fingerprint density at radius 2 is 1.87 bits per heavy atom. The molecule has 0 aliphatic heterocycles. The third kappa shape index (κ3) is 4.58. The molecule has 0 bridgehead atoms. The fourth-order valence-electron chi connectivity index (χ4n) is 2.88. The van der Waals surface area contributed by atoms with Gasteiger partial charge in [0.1, 0.15) is 5.75 Å². The Hall–Kier alpha value is -1.32. The van der Waals surface area contributed by atoms with Crippen molar-refractivity contribution in [2.75, 3.05) is 26.7 Å². The summed E-state index contributed by atoms with van der Waals surface area (Å²) in [4.78, 5) is 2.39. The molecule has 1 saturated carbocycles. The number of ether oxygens (including phenoxy) is 1. The van der Waals surface area contributed by atoms with Gasteiger partial charge in [-0.3, -0.25) is 0 Å². The van der Waals surface area contributed by atoms with Crippen LogP contribution in [0.2, 0.25) is 0 Å². The molecular formula is C20H24BrNO. The van der Waals surface area contributed by atoms with E-state index >= 15 is 0 Å². The van der Waals surface area contributed by atoms with E-state index in [1.54, 1.807) is 0 Å². The molecule has 0 heterocycles. The maximum Gasteiger partial charge on any atom is 0.119 e. The van der Waals surface area contributed by atoms with Crippen molar-refractivity contribution in [3.05, 3.63) is 53.0 Å². The van der Waals surface area contributed by atoms with E-state index in [-0.39, 0.29) is 0 Å². The van der Waals surface area contributed by atoms with Crippen molar-refractivity contribution >= 4 is 15.9 Å². The van der Waals surface area contributed by atoms with Crippen molar-refractivity contribution in [3.8, 4) is 16.9 Å². The molecule has 3 heteroatoms. The first-order valence-electron chi connectivity index (χ1n) is 8.33. The second-order valence-electron chi connectivity index (χ2n) is 6.46. The highest BCUT2D eigenvalue weighted by molar-refractivity contribution is 9.10. The molecule has 1 aliphatic rings. The third-order valence-electron chi connectivity index (χ3n) is 4.63. The summed E-state index contributed by atoms with van der Waals surface area (Å²) in [6.45, 7) is 5.37. The van der Waals surface area contributed by atoms with Crippen LogP contribution in [-0.2, 0) is 0 Å². The van der Waals surface area contributed by atoms with Crippen LogP contribution >= 0.6 is 15.9 Å².